The van der Waals surface area contributed by atoms with Crippen LogP contribution in [0.3, 0.4) is 0 Å². The Morgan fingerprint density at radius 1 is 1.00 bits per heavy atom. The maximum Gasteiger partial charge on any atom is 0.246 e. The average molecular weight is 428 g/mol. The molecule has 0 unspecified atom stereocenters. The van der Waals surface area contributed by atoms with Crippen LogP contribution in [0.4, 0.5) is 5.69 Å². The summed E-state index contributed by atoms with van der Waals surface area (Å²) in [5, 5.41) is 0. The zero-order valence-corrected chi connectivity index (χ0v) is 18.3. The fraction of sp³-hybridized carbons (Fsp3) is 0.348. The zero-order valence-electron chi connectivity index (χ0n) is 17.5. The summed E-state index contributed by atoms with van der Waals surface area (Å²) in [4.78, 5) is 17.1. The molecule has 1 heterocycles. The van der Waals surface area contributed by atoms with Gasteiger partial charge in [0.05, 0.1) is 11.9 Å². The first-order valence-electron chi connectivity index (χ1n) is 10.1. The van der Waals surface area contributed by atoms with Crippen LogP contribution in [0.25, 0.3) is 6.08 Å². The maximum absolute atomic E-state index is 13.1. The van der Waals surface area contributed by atoms with Gasteiger partial charge in [0.1, 0.15) is 6.04 Å². The minimum atomic E-state index is -3.58. The average Bonchev–Trinajstić information content (AvgIpc) is 2.74. The minimum absolute atomic E-state index is 0.163. The molecule has 0 radical (unpaired) electrons. The van der Waals surface area contributed by atoms with E-state index in [0.29, 0.717) is 18.8 Å². The van der Waals surface area contributed by atoms with Gasteiger partial charge in [-0.15, -0.1) is 0 Å². The summed E-state index contributed by atoms with van der Waals surface area (Å²) in [6, 6.07) is 18.2. The third-order valence-corrected chi connectivity index (χ3v) is 6.48. The number of benzene rings is 2. The Balaban J connectivity index is 1.58. The molecule has 30 heavy (non-hydrogen) atoms. The van der Waals surface area contributed by atoms with E-state index in [1.165, 1.54) is 9.87 Å². The predicted octanol–water partition coefficient (Wildman–Crippen LogP) is 2.70. The van der Waals surface area contributed by atoms with E-state index in [9.17, 15) is 13.2 Å². The fourth-order valence-electron chi connectivity index (χ4n) is 3.69. The Hall–Kier alpha value is -2.64. The molecule has 3 rings (SSSR count). The fourth-order valence-corrected chi connectivity index (χ4v) is 4.86. The normalized spacial score (nSPS) is 16.5. The lowest BCUT2D eigenvalue weighted by molar-refractivity contribution is -0.133. The summed E-state index contributed by atoms with van der Waals surface area (Å²) in [5.41, 5.74) is 1.67. The van der Waals surface area contributed by atoms with Crippen molar-refractivity contribution < 1.29 is 13.2 Å². The summed E-state index contributed by atoms with van der Waals surface area (Å²) >= 11 is 0. The molecule has 2 aromatic rings. The molecular weight excluding hydrogens is 398 g/mol. The first-order valence-corrected chi connectivity index (χ1v) is 12.0. The molecule has 1 amide bonds. The Bertz CT molecular complexity index is 954. The SMILES string of the molecule is C[C@H](C(=O)N1CCN(C/C=C/c2ccccc2)CC1)N(c1ccccc1)S(C)(=O)=O. The van der Waals surface area contributed by atoms with Gasteiger partial charge in [-0.25, -0.2) is 8.42 Å². The van der Waals surface area contributed by atoms with E-state index in [1.54, 1.807) is 36.1 Å². The third-order valence-electron chi connectivity index (χ3n) is 5.23. The standard InChI is InChI=1S/C23H29N3O3S/c1-20(26(30(2,28)29)22-13-7-4-8-14-22)23(27)25-18-16-24(17-19-25)15-9-12-21-10-5-3-6-11-21/h3-14,20H,15-19H2,1-2H3/b12-9+/t20-/m1/s1. The lowest BCUT2D eigenvalue weighted by atomic mass is 10.2. The summed E-state index contributed by atoms with van der Waals surface area (Å²) in [7, 11) is -3.58. The molecule has 1 fully saturated rings. The van der Waals surface area contributed by atoms with Crippen molar-refractivity contribution in [3.63, 3.8) is 0 Å². The summed E-state index contributed by atoms with van der Waals surface area (Å²) in [5.74, 6) is -0.163. The van der Waals surface area contributed by atoms with Crippen LogP contribution >= 0.6 is 0 Å². The van der Waals surface area contributed by atoms with E-state index in [4.69, 9.17) is 0 Å². The Kier molecular flexibility index (Phi) is 7.29. The van der Waals surface area contributed by atoms with Crippen LogP contribution in [0.15, 0.2) is 66.7 Å². The van der Waals surface area contributed by atoms with Crippen molar-refractivity contribution in [3.05, 3.63) is 72.3 Å². The zero-order chi connectivity index (χ0) is 21.6. The van der Waals surface area contributed by atoms with Gasteiger partial charge in [-0.1, -0.05) is 60.7 Å². The monoisotopic (exact) mass is 427 g/mol. The van der Waals surface area contributed by atoms with Crippen molar-refractivity contribution >= 4 is 27.7 Å². The molecule has 160 valence electrons. The topological polar surface area (TPSA) is 60.9 Å². The van der Waals surface area contributed by atoms with Crippen LogP contribution in [-0.2, 0) is 14.8 Å². The molecule has 7 heteroatoms. The largest absolute Gasteiger partial charge is 0.338 e. The lowest BCUT2D eigenvalue weighted by Gasteiger charge is -2.37. The highest BCUT2D eigenvalue weighted by molar-refractivity contribution is 7.92. The molecule has 6 nitrogen and oxygen atoms in total. The van der Waals surface area contributed by atoms with Gasteiger partial charge >= 0.3 is 0 Å². The second kappa shape index (κ2) is 9.91. The van der Waals surface area contributed by atoms with Gasteiger partial charge in [0.25, 0.3) is 0 Å². The van der Waals surface area contributed by atoms with E-state index in [-0.39, 0.29) is 5.91 Å². The van der Waals surface area contributed by atoms with Gasteiger partial charge in [-0.3, -0.25) is 14.0 Å². The van der Waals surface area contributed by atoms with E-state index in [0.717, 1.165) is 25.9 Å². The van der Waals surface area contributed by atoms with Crippen molar-refractivity contribution in [2.45, 2.75) is 13.0 Å². The first-order chi connectivity index (χ1) is 14.4. The van der Waals surface area contributed by atoms with Gasteiger partial charge < -0.3 is 4.90 Å². The summed E-state index contributed by atoms with van der Waals surface area (Å²) in [6.07, 6.45) is 5.38. The molecule has 0 aromatic heterocycles. The van der Waals surface area contributed by atoms with E-state index >= 15 is 0 Å². The van der Waals surface area contributed by atoms with E-state index in [2.05, 4.69) is 29.2 Å². The molecule has 0 saturated carbocycles. The Morgan fingerprint density at radius 3 is 2.13 bits per heavy atom. The molecule has 1 atom stereocenters. The number of carbonyl (C=O) groups excluding carboxylic acids is 1. The van der Waals surface area contributed by atoms with Crippen molar-refractivity contribution in [3.8, 4) is 0 Å². The maximum atomic E-state index is 13.1. The molecule has 1 aliphatic heterocycles. The third kappa shape index (κ3) is 5.70. The van der Waals surface area contributed by atoms with Gasteiger partial charge in [0, 0.05) is 32.7 Å². The number of nitrogens with zero attached hydrogens (tertiary/aromatic N) is 3. The van der Waals surface area contributed by atoms with Gasteiger partial charge in [0.2, 0.25) is 15.9 Å². The Morgan fingerprint density at radius 2 is 1.57 bits per heavy atom. The first kappa shape index (κ1) is 22.1. The van der Waals surface area contributed by atoms with Crippen LogP contribution in [0.1, 0.15) is 12.5 Å². The van der Waals surface area contributed by atoms with Crippen LogP contribution in [0.5, 0.6) is 0 Å². The predicted molar refractivity (Wildman–Crippen MR) is 122 cm³/mol. The number of rotatable bonds is 7. The number of hydrogen-bond donors (Lipinski definition) is 0. The minimum Gasteiger partial charge on any atom is -0.338 e. The number of piperazine rings is 1. The van der Waals surface area contributed by atoms with Gasteiger partial charge in [-0.2, -0.15) is 0 Å². The summed E-state index contributed by atoms with van der Waals surface area (Å²) in [6.45, 7) is 5.20. The number of hydrogen-bond acceptors (Lipinski definition) is 4. The highest BCUT2D eigenvalue weighted by Gasteiger charge is 2.33. The van der Waals surface area contributed by atoms with Crippen molar-refractivity contribution in [2.24, 2.45) is 0 Å². The van der Waals surface area contributed by atoms with E-state index in [1.807, 2.05) is 24.3 Å². The number of sulfonamides is 1. The van der Waals surface area contributed by atoms with Gasteiger partial charge in [-0.05, 0) is 24.6 Å². The van der Waals surface area contributed by atoms with Crippen molar-refractivity contribution in [2.75, 3.05) is 43.3 Å². The smallest absolute Gasteiger partial charge is 0.246 e. The molecule has 0 N–H and O–H groups in total. The van der Waals surface area contributed by atoms with Crippen LogP contribution in [0.2, 0.25) is 0 Å². The van der Waals surface area contributed by atoms with Crippen LogP contribution < -0.4 is 4.31 Å². The Labute approximate surface area is 179 Å². The van der Waals surface area contributed by atoms with Crippen LogP contribution in [0, 0.1) is 0 Å². The number of carbonyl (C=O) groups is 1. The lowest BCUT2D eigenvalue weighted by Crippen LogP contribution is -2.55. The highest BCUT2D eigenvalue weighted by atomic mass is 32.2. The van der Waals surface area contributed by atoms with Crippen molar-refractivity contribution in [1.29, 1.82) is 0 Å². The number of amides is 1. The molecule has 1 saturated heterocycles. The highest BCUT2D eigenvalue weighted by Crippen LogP contribution is 2.21. The molecule has 0 aliphatic carbocycles. The number of para-hydroxylation sites is 1. The second-order valence-corrected chi connectivity index (χ2v) is 9.37. The molecule has 0 spiro atoms. The molecular formula is C23H29N3O3S. The second-order valence-electron chi connectivity index (χ2n) is 7.51. The molecule has 1 aliphatic rings. The van der Waals surface area contributed by atoms with Crippen molar-refractivity contribution in [1.82, 2.24) is 9.80 Å². The van der Waals surface area contributed by atoms with E-state index < -0.39 is 16.1 Å². The molecule has 2 aromatic carbocycles. The number of anilines is 1. The van der Waals surface area contributed by atoms with Crippen LogP contribution in [-0.4, -0.2) is 69.1 Å². The molecule has 0 bridgehead atoms. The quantitative estimate of drug-likeness (QED) is 0.682. The summed E-state index contributed by atoms with van der Waals surface area (Å²) < 4.78 is 26.0. The van der Waals surface area contributed by atoms with Gasteiger partial charge in [0.15, 0.2) is 0 Å².